The second-order valence-corrected chi connectivity index (χ2v) is 5.85. The molecular weight excluding hydrogens is 352 g/mol. The number of pyridine rings is 1. The predicted octanol–water partition coefficient (Wildman–Crippen LogP) is 1.81. The molecule has 0 aliphatic carbocycles. The van der Waals surface area contributed by atoms with Gasteiger partial charge in [-0.05, 0) is 29.8 Å². The van der Waals surface area contributed by atoms with Crippen LogP contribution >= 0.6 is 0 Å². The summed E-state index contributed by atoms with van der Waals surface area (Å²) in [7, 11) is 2.64. The third-order valence-electron chi connectivity index (χ3n) is 4.30. The first-order chi connectivity index (χ1) is 13.0. The molecule has 3 rings (SSSR count). The lowest BCUT2D eigenvalue weighted by Crippen LogP contribution is -2.24. The Hall–Kier alpha value is -3.55. The molecular formula is C19H18N2O6. The fourth-order valence-electron chi connectivity index (χ4n) is 2.96. The van der Waals surface area contributed by atoms with Crippen molar-refractivity contribution < 1.29 is 24.5 Å². The van der Waals surface area contributed by atoms with Crippen LogP contribution in [0.25, 0.3) is 5.65 Å². The van der Waals surface area contributed by atoms with Gasteiger partial charge in [-0.15, -0.1) is 0 Å². The van der Waals surface area contributed by atoms with E-state index in [9.17, 15) is 19.8 Å². The van der Waals surface area contributed by atoms with Gasteiger partial charge in [0, 0.05) is 12.1 Å². The number of nitrogens with zero attached hydrogens (tertiary/aromatic N) is 2. The minimum atomic E-state index is -0.869. The van der Waals surface area contributed by atoms with Crippen molar-refractivity contribution in [2.24, 2.45) is 0 Å². The minimum Gasteiger partial charge on any atom is -0.504 e. The van der Waals surface area contributed by atoms with Crippen LogP contribution in [-0.2, 0) is 9.53 Å². The Morgan fingerprint density at radius 2 is 2.00 bits per heavy atom. The Kier molecular flexibility index (Phi) is 4.98. The number of phenols is 1. The third kappa shape index (κ3) is 3.41. The van der Waals surface area contributed by atoms with Crippen LogP contribution in [0.4, 0.5) is 0 Å². The number of phenolic OH excluding ortho intramolecular Hbond substituents is 1. The second kappa shape index (κ2) is 7.36. The molecule has 140 valence electrons. The Morgan fingerprint density at radius 1 is 1.22 bits per heavy atom. The van der Waals surface area contributed by atoms with E-state index in [2.05, 4.69) is 4.98 Å². The molecule has 8 heteroatoms. The van der Waals surface area contributed by atoms with E-state index in [1.807, 2.05) is 0 Å². The normalized spacial score (nSPS) is 11.9. The van der Waals surface area contributed by atoms with Gasteiger partial charge in [0.05, 0.1) is 26.2 Å². The van der Waals surface area contributed by atoms with Crippen LogP contribution in [0.3, 0.4) is 0 Å². The number of esters is 1. The summed E-state index contributed by atoms with van der Waals surface area (Å²) >= 11 is 0. The fourth-order valence-corrected chi connectivity index (χ4v) is 2.96. The molecule has 8 nitrogen and oxygen atoms in total. The van der Waals surface area contributed by atoms with Crippen molar-refractivity contribution in [3.63, 3.8) is 0 Å². The van der Waals surface area contributed by atoms with Crippen LogP contribution in [0.15, 0.2) is 47.4 Å². The van der Waals surface area contributed by atoms with E-state index in [0.717, 1.165) is 0 Å². The lowest BCUT2D eigenvalue weighted by Gasteiger charge is -2.18. The first kappa shape index (κ1) is 18.2. The van der Waals surface area contributed by atoms with Crippen molar-refractivity contribution in [2.45, 2.75) is 12.3 Å². The van der Waals surface area contributed by atoms with Crippen molar-refractivity contribution in [1.29, 1.82) is 0 Å². The third-order valence-corrected chi connectivity index (χ3v) is 4.30. The van der Waals surface area contributed by atoms with Gasteiger partial charge in [0.2, 0.25) is 5.88 Å². The number of aromatic nitrogens is 2. The van der Waals surface area contributed by atoms with Crippen molar-refractivity contribution in [3.05, 3.63) is 64.1 Å². The second-order valence-electron chi connectivity index (χ2n) is 5.85. The zero-order chi connectivity index (χ0) is 19.6. The van der Waals surface area contributed by atoms with Gasteiger partial charge in [0.15, 0.2) is 11.5 Å². The summed E-state index contributed by atoms with van der Waals surface area (Å²) in [6.45, 7) is 0. The van der Waals surface area contributed by atoms with Crippen molar-refractivity contribution in [2.75, 3.05) is 14.2 Å². The summed E-state index contributed by atoms with van der Waals surface area (Å²) in [5.74, 6) is -1.83. The summed E-state index contributed by atoms with van der Waals surface area (Å²) in [4.78, 5) is 29.0. The number of hydrogen-bond donors (Lipinski definition) is 2. The van der Waals surface area contributed by atoms with Gasteiger partial charge in [0.1, 0.15) is 5.65 Å². The van der Waals surface area contributed by atoms with E-state index in [-0.39, 0.29) is 29.1 Å². The van der Waals surface area contributed by atoms with Crippen LogP contribution in [0, 0.1) is 0 Å². The number of carbonyl (C=O) groups is 1. The molecule has 0 amide bonds. The zero-order valence-electron chi connectivity index (χ0n) is 14.7. The lowest BCUT2D eigenvalue weighted by molar-refractivity contribution is -0.140. The summed E-state index contributed by atoms with van der Waals surface area (Å²) in [5.41, 5.74) is 0.137. The first-order valence-corrected chi connectivity index (χ1v) is 8.10. The topological polar surface area (TPSA) is 110 Å². The highest BCUT2D eigenvalue weighted by atomic mass is 16.5. The minimum absolute atomic E-state index is 0.0614. The van der Waals surface area contributed by atoms with Gasteiger partial charge >= 0.3 is 5.97 Å². The average molecular weight is 370 g/mol. The number of hydrogen-bond acceptors (Lipinski definition) is 7. The Bertz CT molecular complexity index is 1060. The maximum Gasteiger partial charge on any atom is 0.306 e. The summed E-state index contributed by atoms with van der Waals surface area (Å²) < 4.78 is 11.0. The van der Waals surface area contributed by atoms with Gasteiger partial charge in [0.25, 0.3) is 5.56 Å². The molecule has 0 saturated carbocycles. The highest BCUT2D eigenvalue weighted by Gasteiger charge is 2.27. The van der Waals surface area contributed by atoms with Gasteiger partial charge in [-0.25, -0.2) is 0 Å². The fraction of sp³-hybridized carbons (Fsp3) is 0.211. The van der Waals surface area contributed by atoms with Crippen molar-refractivity contribution in [3.8, 4) is 17.4 Å². The molecule has 0 spiro atoms. The molecule has 0 aliphatic heterocycles. The van der Waals surface area contributed by atoms with E-state index in [0.29, 0.717) is 5.56 Å². The molecule has 0 fully saturated rings. The van der Waals surface area contributed by atoms with Crippen LogP contribution < -0.4 is 10.3 Å². The summed E-state index contributed by atoms with van der Waals surface area (Å²) in [5, 5.41) is 20.5. The molecule has 1 atom stereocenters. The van der Waals surface area contributed by atoms with E-state index in [1.165, 1.54) is 36.9 Å². The average Bonchev–Trinajstić information content (AvgIpc) is 2.67. The molecule has 2 heterocycles. The number of ether oxygens (including phenoxy) is 2. The maximum atomic E-state index is 13.0. The SMILES string of the molecule is COC(=O)C[C@H](c1ccc(OC)c(O)c1)c1c(O)nc2ccccn2c1=O. The monoisotopic (exact) mass is 370 g/mol. The van der Waals surface area contributed by atoms with E-state index in [4.69, 9.17) is 9.47 Å². The quantitative estimate of drug-likeness (QED) is 0.659. The largest absolute Gasteiger partial charge is 0.504 e. The molecule has 0 saturated heterocycles. The lowest BCUT2D eigenvalue weighted by atomic mass is 9.89. The molecule has 0 aliphatic rings. The number of methoxy groups -OCH3 is 2. The van der Waals surface area contributed by atoms with Gasteiger partial charge < -0.3 is 19.7 Å². The number of fused-ring (bicyclic) bond motifs is 1. The molecule has 2 aromatic heterocycles. The number of benzene rings is 1. The van der Waals surface area contributed by atoms with E-state index >= 15 is 0 Å². The van der Waals surface area contributed by atoms with Crippen LogP contribution in [0.1, 0.15) is 23.5 Å². The van der Waals surface area contributed by atoms with Crippen LogP contribution in [0.2, 0.25) is 0 Å². The highest BCUT2D eigenvalue weighted by molar-refractivity contribution is 5.71. The molecule has 1 aromatic carbocycles. The van der Waals surface area contributed by atoms with Crippen LogP contribution in [0.5, 0.6) is 17.4 Å². The Morgan fingerprint density at radius 3 is 2.67 bits per heavy atom. The molecule has 2 N–H and O–H groups in total. The van der Waals surface area contributed by atoms with E-state index in [1.54, 1.807) is 24.3 Å². The molecule has 3 aromatic rings. The smallest absolute Gasteiger partial charge is 0.306 e. The maximum absolute atomic E-state index is 13.0. The predicted molar refractivity (Wildman–Crippen MR) is 96.3 cm³/mol. The number of carbonyl (C=O) groups excluding carboxylic acids is 1. The van der Waals surface area contributed by atoms with Gasteiger partial charge in [-0.1, -0.05) is 12.1 Å². The van der Waals surface area contributed by atoms with Crippen molar-refractivity contribution >= 4 is 11.6 Å². The first-order valence-electron chi connectivity index (χ1n) is 8.10. The Labute approximate surface area is 154 Å². The number of aromatic hydroxyl groups is 2. The van der Waals surface area contributed by atoms with Gasteiger partial charge in [-0.3, -0.25) is 14.0 Å². The van der Waals surface area contributed by atoms with E-state index < -0.39 is 23.3 Å². The standard InChI is InChI=1S/C19H18N2O6/c1-26-14-7-6-11(9-13(14)22)12(10-16(23)27-2)17-18(24)20-15-5-3-4-8-21(15)19(17)25/h3-9,12,22,24H,10H2,1-2H3/t12-/m1/s1. The molecule has 0 radical (unpaired) electrons. The zero-order valence-corrected chi connectivity index (χ0v) is 14.7. The number of rotatable bonds is 5. The highest BCUT2D eigenvalue weighted by Crippen LogP contribution is 2.35. The summed E-state index contributed by atoms with van der Waals surface area (Å²) in [6, 6.07) is 9.42. The molecule has 0 bridgehead atoms. The molecule has 27 heavy (non-hydrogen) atoms. The van der Waals surface area contributed by atoms with Crippen molar-refractivity contribution in [1.82, 2.24) is 9.38 Å². The summed E-state index contributed by atoms with van der Waals surface area (Å²) in [6.07, 6.45) is 1.31. The Balaban J connectivity index is 2.23. The van der Waals surface area contributed by atoms with Gasteiger partial charge in [-0.2, -0.15) is 4.98 Å². The van der Waals surface area contributed by atoms with Crippen LogP contribution in [-0.4, -0.2) is 39.8 Å². The molecule has 0 unspecified atom stereocenters.